The third-order valence-corrected chi connectivity index (χ3v) is 3.07. The monoisotopic (exact) mass is 286 g/mol. The van der Waals surface area contributed by atoms with E-state index >= 15 is 0 Å². The fourth-order valence-electron chi connectivity index (χ4n) is 2.17. The Morgan fingerprint density at radius 1 is 1.20 bits per heavy atom. The summed E-state index contributed by atoms with van der Waals surface area (Å²) in [6.45, 7) is 7.71. The average molecular weight is 286 g/mol. The molecule has 1 unspecified atom stereocenters. The molecule has 1 atom stereocenters. The second kappa shape index (κ2) is 7.47. The Hall–Kier alpha value is -1.30. The van der Waals surface area contributed by atoms with E-state index in [1.54, 1.807) is 20.8 Å². The van der Waals surface area contributed by atoms with Gasteiger partial charge in [0.2, 0.25) is 0 Å². The lowest BCUT2D eigenvalue weighted by atomic mass is 10.1. The molecule has 0 aliphatic carbocycles. The Kier molecular flexibility index (Phi) is 6.26. The number of carbonyl (C=O) groups excluding carboxylic acids is 2. The minimum Gasteiger partial charge on any atom is -0.467 e. The van der Waals surface area contributed by atoms with Crippen molar-refractivity contribution in [1.82, 2.24) is 10.2 Å². The van der Waals surface area contributed by atoms with Crippen LogP contribution in [0.3, 0.4) is 0 Å². The summed E-state index contributed by atoms with van der Waals surface area (Å²) in [5.74, 6) is -0.443. The van der Waals surface area contributed by atoms with Crippen molar-refractivity contribution >= 4 is 12.1 Å². The molecule has 0 aromatic carbocycles. The topological polar surface area (TPSA) is 67.9 Å². The van der Waals surface area contributed by atoms with Crippen LogP contribution in [0.1, 0.15) is 40.0 Å². The van der Waals surface area contributed by atoms with Gasteiger partial charge in [-0.05, 0) is 46.7 Å². The average Bonchev–Trinajstić information content (AvgIpc) is 2.36. The zero-order valence-electron chi connectivity index (χ0n) is 12.9. The van der Waals surface area contributed by atoms with Gasteiger partial charge in [0.05, 0.1) is 7.11 Å². The maximum Gasteiger partial charge on any atom is 0.408 e. The molecule has 20 heavy (non-hydrogen) atoms. The van der Waals surface area contributed by atoms with E-state index < -0.39 is 23.7 Å². The SMILES string of the molecule is COC(=O)C(CN1CCCCC1)NC(=O)OC(C)(C)C. The number of esters is 1. The van der Waals surface area contributed by atoms with Gasteiger partial charge in [0.1, 0.15) is 11.6 Å². The summed E-state index contributed by atoms with van der Waals surface area (Å²) >= 11 is 0. The Balaban J connectivity index is 2.55. The Morgan fingerprint density at radius 3 is 2.30 bits per heavy atom. The highest BCUT2D eigenvalue weighted by Gasteiger charge is 2.27. The quantitative estimate of drug-likeness (QED) is 0.794. The summed E-state index contributed by atoms with van der Waals surface area (Å²) in [6, 6.07) is -0.687. The van der Waals surface area contributed by atoms with Crippen LogP contribution >= 0.6 is 0 Å². The van der Waals surface area contributed by atoms with E-state index in [1.807, 2.05) is 0 Å². The largest absolute Gasteiger partial charge is 0.467 e. The van der Waals surface area contributed by atoms with Gasteiger partial charge in [-0.25, -0.2) is 9.59 Å². The molecular weight excluding hydrogens is 260 g/mol. The van der Waals surface area contributed by atoms with Gasteiger partial charge in [-0.15, -0.1) is 0 Å². The highest BCUT2D eigenvalue weighted by Crippen LogP contribution is 2.10. The number of amides is 1. The summed E-state index contributed by atoms with van der Waals surface area (Å²) in [4.78, 5) is 25.7. The highest BCUT2D eigenvalue weighted by atomic mass is 16.6. The van der Waals surface area contributed by atoms with Gasteiger partial charge >= 0.3 is 12.1 Å². The first-order valence-corrected chi connectivity index (χ1v) is 7.11. The molecule has 0 aromatic heterocycles. The minimum absolute atomic E-state index is 0.443. The molecule has 0 saturated carbocycles. The number of hydrogen-bond donors (Lipinski definition) is 1. The van der Waals surface area contributed by atoms with Crippen LogP contribution in [0.2, 0.25) is 0 Å². The zero-order valence-corrected chi connectivity index (χ0v) is 12.9. The van der Waals surface area contributed by atoms with Crippen LogP contribution in [-0.4, -0.2) is 55.3 Å². The first-order valence-electron chi connectivity index (χ1n) is 7.11. The number of hydrogen-bond acceptors (Lipinski definition) is 5. The molecule has 6 heteroatoms. The normalized spacial score (nSPS) is 18.2. The molecule has 0 radical (unpaired) electrons. The van der Waals surface area contributed by atoms with Gasteiger partial charge < -0.3 is 19.7 Å². The number of ether oxygens (including phenoxy) is 2. The summed E-state index contributed by atoms with van der Waals surface area (Å²) in [7, 11) is 1.32. The van der Waals surface area contributed by atoms with Gasteiger partial charge in [-0.3, -0.25) is 0 Å². The number of nitrogens with one attached hydrogen (secondary N) is 1. The second-order valence-electron chi connectivity index (χ2n) is 6.08. The molecule has 6 nitrogen and oxygen atoms in total. The molecule has 1 N–H and O–H groups in total. The molecule has 1 aliphatic heterocycles. The molecule has 0 aromatic rings. The molecule has 116 valence electrons. The van der Waals surface area contributed by atoms with Crippen LogP contribution in [-0.2, 0) is 14.3 Å². The molecule has 1 amide bonds. The maximum atomic E-state index is 11.8. The lowest BCUT2D eigenvalue weighted by molar-refractivity contribution is -0.143. The summed E-state index contributed by atoms with van der Waals surface area (Å²) in [6.07, 6.45) is 2.88. The van der Waals surface area contributed by atoms with E-state index in [9.17, 15) is 9.59 Å². The molecule has 1 fully saturated rings. The lowest BCUT2D eigenvalue weighted by Gasteiger charge is -2.30. The Bertz CT molecular complexity index is 333. The van der Waals surface area contributed by atoms with E-state index in [-0.39, 0.29) is 0 Å². The van der Waals surface area contributed by atoms with Crippen molar-refractivity contribution in [3.63, 3.8) is 0 Å². The Morgan fingerprint density at radius 2 is 1.80 bits per heavy atom. The van der Waals surface area contributed by atoms with Crippen LogP contribution < -0.4 is 5.32 Å². The van der Waals surface area contributed by atoms with Gasteiger partial charge in [0, 0.05) is 6.54 Å². The molecule has 0 spiro atoms. The zero-order chi connectivity index (χ0) is 15.2. The van der Waals surface area contributed by atoms with Crippen molar-refractivity contribution in [3.05, 3.63) is 0 Å². The predicted molar refractivity (Wildman–Crippen MR) is 75.5 cm³/mol. The number of carbonyl (C=O) groups is 2. The van der Waals surface area contributed by atoms with E-state index in [1.165, 1.54) is 13.5 Å². The molecular formula is C14H26N2O4. The molecule has 1 rings (SSSR count). The van der Waals surface area contributed by atoms with Crippen molar-refractivity contribution in [2.24, 2.45) is 0 Å². The minimum atomic E-state index is -0.687. The summed E-state index contributed by atoms with van der Waals surface area (Å²) in [5, 5.41) is 2.59. The standard InChI is InChI=1S/C14H26N2O4/c1-14(2,3)20-13(18)15-11(12(17)19-4)10-16-8-6-5-7-9-16/h11H,5-10H2,1-4H3,(H,15,18). The second-order valence-corrected chi connectivity index (χ2v) is 6.08. The number of nitrogens with zero attached hydrogens (tertiary/aromatic N) is 1. The van der Waals surface area contributed by atoms with E-state index in [0.717, 1.165) is 25.9 Å². The predicted octanol–water partition coefficient (Wildman–Crippen LogP) is 1.54. The smallest absolute Gasteiger partial charge is 0.408 e. The Labute approximate surface area is 120 Å². The molecule has 1 heterocycles. The maximum absolute atomic E-state index is 11.8. The number of methoxy groups -OCH3 is 1. The van der Waals surface area contributed by atoms with Crippen molar-refractivity contribution in [3.8, 4) is 0 Å². The van der Waals surface area contributed by atoms with Crippen LogP contribution in [0.5, 0.6) is 0 Å². The molecule has 0 bridgehead atoms. The van der Waals surface area contributed by atoms with Crippen molar-refractivity contribution < 1.29 is 19.1 Å². The fraction of sp³-hybridized carbons (Fsp3) is 0.857. The van der Waals surface area contributed by atoms with E-state index in [2.05, 4.69) is 10.2 Å². The number of piperidine rings is 1. The number of rotatable bonds is 4. The van der Waals surface area contributed by atoms with Gasteiger partial charge in [0.25, 0.3) is 0 Å². The molecule has 1 saturated heterocycles. The van der Waals surface area contributed by atoms with Gasteiger partial charge in [-0.1, -0.05) is 6.42 Å². The van der Waals surface area contributed by atoms with Crippen LogP contribution in [0.4, 0.5) is 4.79 Å². The van der Waals surface area contributed by atoms with Gasteiger partial charge in [-0.2, -0.15) is 0 Å². The molecule has 1 aliphatic rings. The first kappa shape index (κ1) is 16.8. The number of alkyl carbamates (subject to hydrolysis) is 1. The third-order valence-electron chi connectivity index (χ3n) is 3.07. The number of likely N-dealkylation sites (tertiary alicyclic amines) is 1. The first-order chi connectivity index (χ1) is 9.31. The van der Waals surface area contributed by atoms with Crippen molar-refractivity contribution in [2.75, 3.05) is 26.7 Å². The van der Waals surface area contributed by atoms with Crippen LogP contribution in [0.15, 0.2) is 0 Å². The summed E-state index contributed by atoms with van der Waals surface area (Å²) in [5.41, 5.74) is -0.587. The lowest BCUT2D eigenvalue weighted by Crippen LogP contribution is -2.51. The van der Waals surface area contributed by atoms with E-state index in [4.69, 9.17) is 9.47 Å². The van der Waals surface area contributed by atoms with Crippen molar-refractivity contribution in [2.45, 2.75) is 51.7 Å². The van der Waals surface area contributed by atoms with Gasteiger partial charge in [0.15, 0.2) is 0 Å². The van der Waals surface area contributed by atoms with Crippen LogP contribution in [0, 0.1) is 0 Å². The van der Waals surface area contributed by atoms with Crippen molar-refractivity contribution in [1.29, 1.82) is 0 Å². The fourth-order valence-corrected chi connectivity index (χ4v) is 2.17. The van der Waals surface area contributed by atoms with Crippen LogP contribution in [0.25, 0.3) is 0 Å². The highest BCUT2D eigenvalue weighted by molar-refractivity contribution is 5.81. The third kappa shape index (κ3) is 6.23. The van der Waals surface area contributed by atoms with E-state index in [0.29, 0.717) is 6.54 Å². The summed E-state index contributed by atoms with van der Waals surface area (Å²) < 4.78 is 9.92.